The second-order valence-corrected chi connectivity index (χ2v) is 7.69. The Hall–Kier alpha value is -2.68. The third-order valence-electron chi connectivity index (χ3n) is 3.28. The smallest absolute Gasteiger partial charge is 0.338 e. The maximum absolute atomic E-state index is 11.9. The first-order valence-corrected chi connectivity index (χ1v) is 9.38. The second kappa shape index (κ2) is 7.47. The summed E-state index contributed by atoms with van der Waals surface area (Å²) in [5.41, 5.74) is 0.160. The van der Waals surface area contributed by atoms with Crippen LogP contribution in [0.3, 0.4) is 0 Å². The van der Waals surface area contributed by atoms with Crippen molar-refractivity contribution in [3.63, 3.8) is 0 Å². The van der Waals surface area contributed by atoms with Gasteiger partial charge in [-0.2, -0.15) is 5.10 Å². The van der Waals surface area contributed by atoms with Crippen LogP contribution in [0.5, 0.6) is 0 Å². The Kier molecular flexibility index (Phi) is 5.58. The Bertz CT molecular complexity index is 869. The molecule has 0 fully saturated rings. The Morgan fingerprint density at radius 3 is 2.40 bits per heavy atom. The van der Waals surface area contributed by atoms with Gasteiger partial charge >= 0.3 is 5.97 Å². The average molecular weight is 365 g/mol. The van der Waals surface area contributed by atoms with E-state index < -0.39 is 28.3 Å². The van der Waals surface area contributed by atoms with Gasteiger partial charge in [0.2, 0.25) is 0 Å². The quantitative estimate of drug-likeness (QED) is 0.780. The number of ether oxygens (including phenoxy) is 1. The van der Waals surface area contributed by atoms with Gasteiger partial charge in [0.1, 0.15) is 5.82 Å². The van der Waals surface area contributed by atoms with E-state index >= 15 is 0 Å². The molecule has 0 aliphatic heterocycles. The number of hydrogen-bond donors (Lipinski definition) is 1. The zero-order valence-electron chi connectivity index (χ0n) is 14.1. The number of esters is 1. The van der Waals surface area contributed by atoms with Gasteiger partial charge < -0.3 is 10.1 Å². The molecule has 1 aromatic carbocycles. The average Bonchev–Trinajstić information content (AvgIpc) is 3.00. The molecule has 25 heavy (non-hydrogen) atoms. The molecule has 9 heteroatoms. The van der Waals surface area contributed by atoms with E-state index in [0.29, 0.717) is 5.82 Å². The highest BCUT2D eigenvalue weighted by atomic mass is 32.2. The fourth-order valence-corrected chi connectivity index (χ4v) is 2.69. The van der Waals surface area contributed by atoms with E-state index in [1.165, 1.54) is 24.3 Å². The lowest BCUT2D eigenvalue weighted by Gasteiger charge is -2.12. The first-order valence-electron chi connectivity index (χ1n) is 7.49. The number of aromatic nitrogens is 2. The topological polar surface area (TPSA) is 107 Å². The summed E-state index contributed by atoms with van der Waals surface area (Å²) < 4.78 is 29.3. The molecule has 0 spiro atoms. The van der Waals surface area contributed by atoms with Crippen LogP contribution in [0.25, 0.3) is 0 Å². The lowest BCUT2D eigenvalue weighted by molar-refractivity contribution is -0.119. The Balaban J connectivity index is 1.93. The van der Waals surface area contributed by atoms with Crippen molar-refractivity contribution in [2.45, 2.75) is 24.8 Å². The summed E-state index contributed by atoms with van der Waals surface area (Å²) in [6.45, 7) is 3.38. The number of hydrogen-bond acceptors (Lipinski definition) is 6. The molecule has 2 aromatic rings. The molecule has 0 saturated heterocycles. The van der Waals surface area contributed by atoms with E-state index in [2.05, 4.69) is 10.4 Å². The fraction of sp³-hybridized carbons (Fsp3) is 0.312. The molecule has 0 saturated carbocycles. The molecule has 2 rings (SSSR count). The van der Waals surface area contributed by atoms with Crippen LogP contribution in [-0.4, -0.2) is 42.9 Å². The lowest BCUT2D eigenvalue weighted by atomic mass is 10.2. The first-order chi connectivity index (χ1) is 11.7. The van der Waals surface area contributed by atoms with Gasteiger partial charge in [0.05, 0.1) is 16.7 Å². The molecule has 0 bridgehead atoms. The molecular formula is C16H19N3O5S. The monoisotopic (exact) mass is 365 g/mol. The molecule has 1 N–H and O–H groups in total. The zero-order chi connectivity index (χ0) is 18.6. The van der Waals surface area contributed by atoms with Crippen molar-refractivity contribution in [2.24, 2.45) is 0 Å². The summed E-state index contributed by atoms with van der Waals surface area (Å²) in [6.07, 6.45) is 2.64. The van der Waals surface area contributed by atoms with Crippen LogP contribution in [-0.2, 0) is 19.4 Å². The van der Waals surface area contributed by atoms with Gasteiger partial charge in [-0.15, -0.1) is 0 Å². The first kappa shape index (κ1) is 18.7. The summed E-state index contributed by atoms with van der Waals surface area (Å²) in [6, 6.07) is 7.01. The third kappa shape index (κ3) is 4.90. The molecule has 134 valence electrons. The van der Waals surface area contributed by atoms with E-state index in [0.717, 1.165) is 6.26 Å². The van der Waals surface area contributed by atoms with Gasteiger partial charge in [0, 0.05) is 18.4 Å². The summed E-state index contributed by atoms with van der Waals surface area (Å²) in [5, 5.41) is 6.70. The van der Waals surface area contributed by atoms with Crippen molar-refractivity contribution in [2.75, 3.05) is 18.2 Å². The highest BCUT2D eigenvalue weighted by Crippen LogP contribution is 2.13. The van der Waals surface area contributed by atoms with Crippen molar-refractivity contribution < 1.29 is 22.7 Å². The lowest BCUT2D eigenvalue weighted by Crippen LogP contribution is -2.23. The van der Waals surface area contributed by atoms with Crippen LogP contribution in [0, 0.1) is 0 Å². The van der Waals surface area contributed by atoms with Crippen molar-refractivity contribution in [3.8, 4) is 0 Å². The number of benzene rings is 1. The highest BCUT2D eigenvalue weighted by molar-refractivity contribution is 7.90. The third-order valence-corrected chi connectivity index (χ3v) is 4.41. The van der Waals surface area contributed by atoms with E-state index in [-0.39, 0.29) is 16.5 Å². The zero-order valence-corrected chi connectivity index (χ0v) is 14.9. The largest absolute Gasteiger partial charge is 0.452 e. The standard InChI is InChI=1S/C16H19N3O5S/c1-11(2)19-14(8-9-17-19)18-15(20)10-24-16(21)12-4-6-13(7-5-12)25(3,22)23/h4-9,11H,10H2,1-3H3,(H,18,20). The van der Waals surface area contributed by atoms with Crippen LogP contribution in [0.4, 0.5) is 5.82 Å². The van der Waals surface area contributed by atoms with Gasteiger partial charge in [-0.25, -0.2) is 17.9 Å². The minimum Gasteiger partial charge on any atom is -0.452 e. The highest BCUT2D eigenvalue weighted by Gasteiger charge is 2.14. The van der Waals surface area contributed by atoms with E-state index in [9.17, 15) is 18.0 Å². The Labute approximate surface area is 145 Å². The molecule has 1 aromatic heterocycles. The predicted molar refractivity (Wildman–Crippen MR) is 91.1 cm³/mol. The summed E-state index contributed by atoms with van der Waals surface area (Å²) in [7, 11) is -3.34. The molecule has 0 aliphatic carbocycles. The maximum atomic E-state index is 11.9. The Morgan fingerprint density at radius 1 is 1.20 bits per heavy atom. The molecular weight excluding hydrogens is 346 g/mol. The summed E-state index contributed by atoms with van der Waals surface area (Å²) >= 11 is 0. The van der Waals surface area contributed by atoms with E-state index in [1.54, 1.807) is 16.9 Å². The Morgan fingerprint density at radius 2 is 1.84 bits per heavy atom. The minimum absolute atomic E-state index is 0.0706. The SMILES string of the molecule is CC(C)n1nccc1NC(=O)COC(=O)c1ccc(S(C)(=O)=O)cc1. The number of carbonyl (C=O) groups is 2. The van der Waals surface area contributed by atoms with Crippen LogP contribution < -0.4 is 5.32 Å². The van der Waals surface area contributed by atoms with E-state index in [1.807, 2.05) is 13.8 Å². The van der Waals surface area contributed by atoms with Crippen molar-refractivity contribution >= 4 is 27.5 Å². The summed E-state index contributed by atoms with van der Waals surface area (Å²) in [4.78, 5) is 23.9. The maximum Gasteiger partial charge on any atom is 0.338 e. The predicted octanol–water partition coefficient (Wildman–Crippen LogP) is 1.66. The number of nitrogens with one attached hydrogen (secondary N) is 1. The number of carbonyl (C=O) groups excluding carboxylic acids is 2. The molecule has 0 unspecified atom stereocenters. The number of amides is 1. The van der Waals surface area contributed by atoms with Gasteiger partial charge in [0.15, 0.2) is 16.4 Å². The fourth-order valence-electron chi connectivity index (χ4n) is 2.06. The number of anilines is 1. The molecule has 8 nitrogen and oxygen atoms in total. The van der Waals surface area contributed by atoms with Crippen molar-refractivity contribution in [3.05, 3.63) is 42.1 Å². The molecule has 1 heterocycles. The van der Waals surface area contributed by atoms with Crippen LogP contribution in [0.1, 0.15) is 30.2 Å². The van der Waals surface area contributed by atoms with Crippen LogP contribution in [0.15, 0.2) is 41.4 Å². The van der Waals surface area contributed by atoms with Gasteiger partial charge in [-0.1, -0.05) is 0 Å². The van der Waals surface area contributed by atoms with Crippen molar-refractivity contribution in [1.29, 1.82) is 0 Å². The molecule has 0 radical (unpaired) electrons. The molecule has 0 atom stereocenters. The van der Waals surface area contributed by atoms with Crippen molar-refractivity contribution in [1.82, 2.24) is 9.78 Å². The van der Waals surface area contributed by atoms with Crippen LogP contribution >= 0.6 is 0 Å². The molecule has 1 amide bonds. The molecule has 0 aliphatic rings. The van der Waals surface area contributed by atoms with Gasteiger partial charge in [0.25, 0.3) is 5.91 Å². The van der Waals surface area contributed by atoms with E-state index in [4.69, 9.17) is 4.74 Å². The number of nitrogens with zero attached hydrogens (tertiary/aromatic N) is 2. The van der Waals surface area contributed by atoms with Gasteiger partial charge in [-0.3, -0.25) is 4.79 Å². The number of sulfone groups is 1. The minimum atomic E-state index is -3.34. The normalized spacial score (nSPS) is 11.4. The second-order valence-electron chi connectivity index (χ2n) is 5.68. The number of rotatable bonds is 6. The van der Waals surface area contributed by atoms with Gasteiger partial charge in [-0.05, 0) is 38.1 Å². The van der Waals surface area contributed by atoms with Crippen LogP contribution in [0.2, 0.25) is 0 Å². The summed E-state index contributed by atoms with van der Waals surface area (Å²) in [5.74, 6) is -0.704.